The van der Waals surface area contributed by atoms with E-state index in [-0.39, 0.29) is 11.6 Å². The van der Waals surface area contributed by atoms with Gasteiger partial charge in [-0.15, -0.1) is 0 Å². The summed E-state index contributed by atoms with van der Waals surface area (Å²) in [7, 11) is 0. The van der Waals surface area contributed by atoms with Gasteiger partial charge in [-0.2, -0.15) is 0 Å². The van der Waals surface area contributed by atoms with Crippen LogP contribution in [0.5, 0.6) is 11.6 Å². The van der Waals surface area contributed by atoms with Crippen molar-refractivity contribution < 1.29 is 10.2 Å². The lowest BCUT2D eigenvalue weighted by atomic mass is 10.1. The van der Waals surface area contributed by atoms with Crippen LogP contribution in [0.1, 0.15) is 12.5 Å². The van der Waals surface area contributed by atoms with Gasteiger partial charge in [0.1, 0.15) is 0 Å². The molecule has 0 amide bonds. The second kappa shape index (κ2) is 2.69. The molecule has 1 aromatic carbocycles. The summed E-state index contributed by atoms with van der Waals surface area (Å²) in [5, 5.41) is 19.5. The maximum Gasteiger partial charge on any atom is 0.233 e. The zero-order valence-corrected chi connectivity index (χ0v) is 7.33. The zero-order valence-electron chi connectivity index (χ0n) is 7.33. The van der Waals surface area contributed by atoms with Crippen molar-refractivity contribution in [3.8, 4) is 11.6 Å². The van der Waals surface area contributed by atoms with Gasteiger partial charge >= 0.3 is 0 Å². The van der Waals surface area contributed by atoms with E-state index in [0.29, 0.717) is 0 Å². The second-order valence-corrected chi connectivity index (χ2v) is 3.02. The van der Waals surface area contributed by atoms with Crippen LogP contribution in [0.3, 0.4) is 0 Å². The summed E-state index contributed by atoms with van der Waals surface area (Å²) in [6.45, 7) is 2.01. The molecule has 0 fully saturated rings. The van der Waals surface area contributed by atoms with E-state index in [1.54, 1.807) is 0 Å². The van der Waals surface area contributed by atoms with Crippen LogP contribution in [0.15, 0.2) is 18.2 Å². The molecular weight excluding hydrogens is 166 g/mol. The van der Waals surface area contributed by atoms with Crippen LogP contribution < -0.4 is 0 Å². The summed E-state index contributed by atoms with van der Waals surface area (Å²) >= 11 is 0. The first kappa shape index (κ1) is 7.98. The van der Waals surface area contributed by atoms with Gasteiger partial charge < -0.3 is 15.2 Å². The molecule has 3 N–H and O–H groups in total. The number of hydrogen-bond donors (Lipinski definition) is 3. The van der Waals surface area contributed by atoms with E-state index in [9.17, 15) is 10.2 Å². The van der Waals surface area contributed by atoms with E-state index in [1.165, 1.54) is 0 Å². The van der Waals surface area contributed by atoms with E-state index in [2.05, 4.69) is 4.98 Å². The lowest BCUT2D eigenvalue weighted by Crippen LogP contribution is -1.79. The maximum absolute atomic E-state index is 9.53. The van der Waals surface area contributed by atoms with Gasteiger partial charge in [0.2, 0.25) is 5.88 Å². The number of aryl methyl sites for hydroxylation is 1. The summed E-state index contributed by atoms with van der Waals surface area (Å²) in [5.74, 6) is -0.205. The Morgan fingerprint density at radius 3 is 2.77 bits per heavy atom. The molecule has 1 aromatic heterocycles. The molecule has 13 heavy (non-hydrogen) atoms. The van der Waals surface area contributed by atoms with E-state index < -0.39 is 0 Å². The monoisotopic (exact) mass is 177 g/mol. The van der Waals surface area contributed by atoms with Crippen molar-refractivity contribution in [2.75, 3.05) is 0 Å². The molecule has 0 aliphatic heterocycles. The minimum absolute atomic E-state index is 0.0487. The third kappa shape index (κ3) is 1.04. The topological polar surface area (TPSA) is 56.2 Å². The van der Waals surface area contributed by atoms with Crippen LogP contribution in [-0.4, -0.2) is 15.2 Å². The predicted molar refractivity (Wildman–Crippen MR) is 51.0 cm³/mol. The van der Waals surface area contributed by atoms with E-state index in [1.807, 2.05) is 25.1 Å². The zero-order chi connectivity index (χ0) is 9.42. The first-order valence-electron chi connectivity index (χ1n) is 4.25. The fraction of sp³-hybridized carbons (Fsp3) is 0.200. The van der Waals surface area contributed by atoms with Crippen molar-refractivity contribution in [2.45, 2.75) is 13.3 Å². The summed E-state index contributed by atoms with van der Waals surface area (Å²) < 4.78 is 0. The molecule has 0 spiro atoms. The SMILES string of the molecule is CCc1cccc2[nH]c(O)c(O)c12. The van der Waals surface area contributed by atoms with Gasteiger partial charge in [0.25, 0.3) is 0 Å². The van der Waals surface area contributed by atoms with Gasteiger partial charge in [0.05, 0.1) is 5.52 Å². The first-order valence-corrected chi connectivity index (χ1v) is 4.25. The van der Waals surface area contributed by atoms with Crippen molar-refractivity contribution in [2.24, 2.45) is 0 Å². The van der Waals surface area contributed by atoms with Crippen LogP contribution in [0.4, 0.5) is 0 Å². The molecule has 1 heterocycles. The first-order chi connectivity index (χ1) is 6.24. The Hall–Kier alpha value is -1.64. The smallest absolute Gasteiger partial charge is 0.233 e. The minimum Gasteiger partial charge on any atom is -0.503 e. The van der Waals surface area contributed by atoms with E-state index in [0.717, 1.165) is 22.9 Å². The van der Waals surface area contributed by atoms with Crippen molar-refractivity contribution in [1.82, 2.24) is 4.98 Å². The normalized spacial score (nSPS) is 10.8. The molecule has 0 atom stereocenters. The average molecular weight is 177 g/mol. The highest BCUT2D eigenvalue weighted by molar-refractivity contribution is 5.91. The quantitative estimate of drug-likeness (QED) is 0.625. The van der Waals surface area contributed by atoms with Gasteiger partial charge in [-0.25, -0.2) is 0 Å². The lowest BCUT2D eigenvalue weighted by molar-refractivity contribution is 0.398. The Morgan fingerprint density at radius 1 is 1.31 bits per heavy atom. The Bertz CT molecular complexity index is 445. The van der Waals surface area contributed by atoms with Crippen molar-refractivity contribution >= 4 is 10.9 Å². The van der Waals surface area contributed by atoms with Gasteiger partial charge in [-0.3, -0.25) is 0 Å². The summed E-state index contributed by atoms with van der Waals surface area (Å²) in [6, 6.07) is 5.67. The molecule has 0 unspecified atom stereocenters. The van der Waals surface area contributed by atoms with E-state index >= 15 is 0 Å². The molecule has 0 aliphatic carbocycles. The third-order valence-electron chi connectivity index (χ3n) is 2.25. The number of rotatable bonds is 1. The Kier molecular flexibility index (Phi) is 1.65. The number of fused-ring (bicyclic) bond motifs is 1. The van der Waals surface area contributed by atoms with Crippen molar-refractivity contribution in [1.29, 1.82) is 0 Å². The highest BCUT2D eigenvalue weighted by Gasteiger charge is 2.11. The molecular formula is C10H11NO2. The number of benzene rings is 1. The highest BCUT2D eigenvalue weighted by atomic mass is 16.3. The number of hydrogen-bond acceptors (Lipinski definition) is 2. The predicted octanol–water partition coefficient (Wildman–Crippen LogP) is 2.14. The Labute approximate surface area is 75.6 Å². The molecule has 68 valence electrons. The maximum atomic E-state index is 9.53. The molecule has 0 saturated heterocycles. The van der Waals surface area contributed by atoms with Crippen LogP contribution in [-0.2, 0) is 6.42 Å². The number of aromatic nitrogens is 1. The number of aromatic hydroxyl groups is 2. The average Bonchev–Trinajstić information content (AvgIpc) is 2.43. The molecule has 2 aromatic rings. The van der Waals surface area contributed by atoms with Gasteiger partial charge in [-0.1, -0.05) is 19.1 Å². The molecule has 3 nitrogen and oxygen atoms in total. The lowest BCUT2D eigenvalue weighted by Gasteiger charge is -1.98. The van der Waals surface area contributed by atoms with E-state index in [4.69, 9.17) is 0 Å². The number of aromatic amines is 1. The fourth-order valence-electron chi connectivity index (χ4n) is 1.58. The highest BCUT2D eigenvalue weighted by Crippen LogP contribution is 2.35. The molecule has 0 bridgehead atoms. The Balaban J connectivity index is 2.87. The number of nitrogens with one attached hydrogen (secondary N) is 1. The minimum atomic E-state index is -0.157. The third-order valence-corrected chi connectivity index (χ3v) is 2.25. The molecule has 0 radical (unpaired) electrons. The van der Waals surface area contributed by atoms with Crippen LogP contribution in [0, 0.1) is 0 Å². The van der Waals surface area contributed by atoms with Crippen molar-refractivity contribution in [3.63, 3.8) is 0 Å². The van der Waals surface area contributed by atoms with Crippen molar-refractivity contribution in [3.05, 3.63) is 23.8 Å². The van der Waals surface area contributed by atoms with Gasteiger partial charge in [0, 0.05) is 5.39 Å². The van der Waals surface area contributed by atoms with Crippen LogP contribution in [0.25, 0.3) is 10.9 Å². The van der Waals surface area contributed by atoms with Gasteiger partial charge in [0.15, 0.2) is 5.75 Å². The molecule has 2 rings (SSSR count). The summed E-state index contributed by atoms with van der Waals surface area (Å²) in [5.41, 5.74) is 1.81. The second-order valence-electron chi connectivity index (χ2n) is 3.02. The molecule has 0 aliphatic rings. The number of H-pyrrole nitrogens is 1. The fourth-order valence-corrected chi connectivity index (χ4v) is 1.58. The van der Waals surface area contributed by atoms with Crippen LogP contribution in [0.2, 0.25) is 0 Å². The summed E-state index contributed by atoms with van der Waals surface area (Å²) in [6.07, 6.45) is 0.836. The summed E-state index contributed by atoms with van der Waals surface area (Å²) in [4.78, 5) is 2.71. The standard InChI is InChI=1S/C10H11NO2/c1-2-6-4-3-5-7-8(6)9(12)10(13)11-7/h3-5,11-13H,2H2,1H3. The molecule has 0 saturated carbocycles. The van der Waals surface area contributed by atoms with Gasteiger partial charge in [-0.05, 0) is 18.1 Å². The molecule has 3 heteroatoms. The van der Waals surface area contributed by atoms with Crippen LogP contribution >= 0.6 is 0 Å². The largest absolute Gasteiger partial charge is 0.503 e. The Morgan fingerprint density at radius 2 is 2.08 bits per heavy atom.